The number of H-pyrrole nitrogens is 1. The number of carbonyl (C=O) groups is 3. The van der Waals surface area contributed by atoms with E-state index in [1.165, 1.54) is 0 Å². The Kier molecular flexibility index (Phi) is 3.99. The average molecular weight is 389 g/mol. The van der Waals surface area contributed by atoms with E-state index < -0.39 is 17.9 Å². The van der Waals surface area contributed by atoms with E-state index >= 15 is 0 Å². The molecule has 7 heteroatoms. The zero-order chi connectivity index (χ0) is 20.1. The summed E-state index contributed by atoms with van der Waals surface area (Å²) in [6.07, 6.45) is 0.518. The molecule has 1 unspecified atom stereocenters. The van der Waals surface area contributed by atoms with Gasteiger partial charge in [0.2, 0.25) is 5.91 Å². The van der Waals surface area contributed by atoms with Crippen molar-refractivity contribution in [2.24, 2.45) is 0 Å². The molecule has 0 bridgehead atoms. The SMILES string of the molecule is O=C1c2ccccc2C(=O)N1CC(=O)N1Cc2[nH]c3ccccc3c2CC1CO. The van der Waals surface area contributed by atoms with Crippen molar-refractivity contribution in [3.8, 4) is 0 Å². The van der Waals surface area contributed by atoms with Gasteiger partial charge in [-0.1, -0.05) is 30.3 Å². The van der Waals surface area contributed by atoms with Crippen LogP contribution in [0.3, 0.4) is 0 Å². The molecule has 2 aliphatic heterocycles. The predicted molar refractivity (Wildman–Crippen MR) is 105 cm³/mol. The minimum Gasteiger partial charge on any atom is -0.394 e. The standard InChI is InChI=1S/C22H19N3O4/c26-12-13-9-17-14-5-3-4-8-18(14)23-19(17)10-24(13)20(27)11-25-21(28)15-6-1-2-7-16(15)22(25)29/h1-8,13,23,26H,9-12H2. The van der Waals surface area contributed by atoms with Gasteiger partial charge in [-0.3, -0.25) is 19.3 Å². The van der Waals surface area contributed by atoms with E-state index in [9.17, 15) is 19.5 Å². The number of carbonyl (C=O) groups excluding carboxylic acids is 3. The molecule has 2 N–H and O–H groups in total. The first-order valence-corrected chi connectivity index (χ1v) is 9.52. The van der Waals surface area contributed by atoms with E-state index in [2.05, 4.69) is 4.98 Å². The molecule has 7 nitrogen and oxygen atoms in total. The van der Waals surface area contributed by atoms with Crippen molar-refractivity contribution >= 4 is 28.6 Å². The molecular formula is C22H19N3O4. The van der Waals surface area contributed by atoms with Crippen molar-refractivity contribution in [3.63, 3.8) is 0 Å². The van der Waals surface area contributed by atoms with E-state index in [0.717, 1.165) is 27.1 Å². The molecular weight excluding hydrogens is 370 g/mol. The van der Waals surface area contributed by atoms with Crippen LogP contribution in [0.4, 0.5) is 0 Å². The Hall–Kier alpha value is -3.45. The van der Waals surface area contributed by atoms with Crippen molar-refractivity contribution in [1.82, 2.24) is 14.8 Å². The topological polar surface area (TPSA) is 93.7 Å². The highest BCUT2D eigenvalue weighted by Gasteiger charge is 2.39. The summed E-state index contributed by atoms with van der Waals surface area (Å²) in [5.41, 5.74) is 3.65. The van der Waals surface area contributed by atoms with Gasteiger partial charge in [-0.25, -0.2) is 0 Å². The lowest BCUT2D eigenvalue weighted by atomic mass is 9.97. The van der Waals surface area contributed by atoms with Crippen LogP contribution >= 0.6 is 0 Å². The summed E-state index contributed by atoms with van der Waals surface area (Å²) < 4.78 is 0. The lowest BCUT2D eigenvalue weighted by Crippen LogP contribution is -2.50. The number of aliphatic hydroxyl groups excluding tert-OH is 1. The second kappa shape index (κ2) is 6.56. The second-order valence-corrected chi connectivity index (χ2v) is 7.43. The number of aliphatic hydroxyl groups is 1. The third kappa shape index (κ3) is 2.66. The number of amides is 3. The average Bonchev–Trinajstić information content (AvgIpc) is 3.23. The first-order chi connectivity index (χ1) is 14.1. The zero-order valence-electron chi connectivity index (χ0n) is 15.6. The number of imide groups is 1. The molecule has 1 aromatic heterocycles. The van der Waals surface area contributed by atoms with Gasteiger partial charge in [0.05, 0.1) is 30.3 Å². The summed E-state index contributed by atoms with van der Waals surface area (Å²) in [6.45, 7) is -0.220. The molecule has 3 amide bonds. The smallest absolute Gasteiger partial charge is 0.262 e. The molecule has 146 valence electrons. The van der Waals surface area contributed by atoms with Gasteiger partial charge in [-0.05, 0) is 30.2 Å². The number of hydrogen-bond donors (Lipinski definition) is 2. The van der Waals surface area contributed by atoms with Crippen molar-refractivity contribution in [3.05, 3.63) is 70.9 Å². The van der Waals surface area contributed by atoms with Gasteiger partial charge in [0.25, 0.3) is 11.8 Å². The number of aromatic nitrogens is 1. The zero-order valence-corrected chi connectivity index (χ0v) is 15.6. The van der Waals surface area contributed by atoms with E-state index in [1.54, 1.807) is 29.2 Å². The van der Waals surface area contributed by atoms with E-state index in [4.69, 9.17) is 0 Å². The van der Waals surface area contributed by atoms with Crippen molar-refractivity contribution in [2.75, 3.05) is 13.2 Å². The molecule has 2 aliphatic rings. The van der Waals surface area contributed by atoms with Crippen LogP contribution in [0.15, 0.2) is 48.5 Å². The summed E-state index contributed by atoms with van der Waals surface area (Å²) in [4.78, 5) is 44.1. The highest BCUT2D eigenvalue weighted by molar-refractivity contribution is 6.22. The fraction of sp³-hybridized carbons (Fsp3) is 0.227. The third-order valence-corrected chi connectivity index (χ3v) is 5.81. The Balaban J connectivity index is 1.41. The molecule has 3 aromatic rings. The molecule has 1 atom stereocenters. The largest absolute Gasteiger partial charge is 0.394 e. The first kappa shape index (κ1) is 17.6. The summed E-state index contributed by atoms with van der Waals surface area (Å²) >= 11 is 0. The predicted octanol–water partition coefficient (Wildman–Crippen LogP) is 1.71. The Morgan fingerprint density at radius 3 is 2.38 bits per heavy atom. The van der Waals surface area contributed by atoms with Gasteiger partial charge in [0.1, 0.15) is 6.54 Å². The van der Waals surface area contributed by atoms with Crippen LogP contribution in [-0.2, 0) is 17.8 Å². The Bertz CT molecular complexity index is 1130. The Morgan fingerprint density at radius 2 is 1.69 bits per heavy atom. The summed E-state index contributed by atoms with van der Waals surface area (Å²) in [5.74, 6) is -1.27. The number of para-hydroxylation sites is 1. The van der Waals surface area contributed by atoms with Crippen LogP contribution < -0.4 is 0 Å². The van der Waals surface area contributed by atoms with Gasteiger partial charge in [-0.15, -0.1) is 0 Å². The van der Waals surface area contributed by atoms with Crippen LogP contribution in [0.1, 0.15) is 32.0 Å². The fourth-order valence-electron chi connectivity index (χ4n) is 4.33. The molecule has 0 radical (unpaired) electrons. The van der Waals surface area contributed by atoms with Gasteiger partial charge >= 0.3 is 0 Å². The third-order valence-electron chi connectivity index (χ3n) is 5.81. The van der Waals surface area contributed by atoms with Crippen LogP contribution in [0.5, 0.6) is 0 Å². The van der Waals surface area contributed by atoms with E-state index in [0.29, 0.717) is 24.1 Å². The maximum atomic E-state index is 13.0. The Labute approximate surface area is 166 Å². The number of benzene rings is 2. The minimum atomic E-state index is -0.456. The van der Waals surface area contributed by atoms with Crippen LogP contribution in [0.2, 0.25) is 0 Å². The summed E-state index contributed by atoms with van der Waals surface area (Å²) in [6, 6.07) is 14.1. The Morgan fingerprint density at radius 1 is 1.03 bits per heavy atom. The van der Waals surface area contributed by atoms with Crippen molar-refractivity contribution in [1.29, 1.82) is 0 Å². The molecule has 0 saturated heterocycles. The normalized spacial score (nSPS) is 18.3. The maximum Gasteiger partial charge on any atom is 0.262 e. The molecule has 0 spiro atoms. The molecule has 0 aliphatic carbocycles. The molecule has 29 heavy (non-hydrogen) atoms. The molecule has 0 fully saturated rings. The van der Waals surface area contributed by atoms with Gasteiger partial charge in [0, 0.05) is 16.6 Å². The first-order valence-electron chi connectivity index (χ1n) is 9.52. The lowest BCUT2D eigenvalue weighted by Gasteiger charge is -2.35. The molecule has 5 rings (SSSR count). The van der Waals surface area contributed by atoms with E-state index in [-0.39, 0.29) is 19.1 Å². The molecule has 3 heterocycles. The van der Waals surface area contributed by atoms with Gasteiger partial charge in [-0.2, -0.15) is 0 Å². The fourth-order valence-corrected chi connectivity index (χ4v) is 4.33. The van der Waals surface area contributed by atoms with Crippen LogP contribution in [0.25, 0.3) is 10.9 Å². The van der Waals surface area contributed by atoms with Crippen molar-refractivity contribution < 1.29 is 19.5 Å². The van der Waals surface area contributed by atoms with Gasteiger partial charge in [0.15, 0.2) is 0 Å². The number of rotatable bonds is 3. The second-order valence-electron chi connectivity index (χ2n) is 7.43. The highest BCUT2D eigenvalue weighted by atomic mass is 16.3. The van der Waals surface area contributed by atoms with Gasteiger partial charge < -0.3 is 15.0 Å². The monoisotopic (exact) mass is 389 g/mol. The summed E-state index contributed by atoms with van der Waals surface area (Å²) in [7, 11) is 0. The highest BCUT2D eigenvalue weighted by Crippen LogP contribution is 2.30. The summed E-state index contributed by atoms with van der Waals surface area (Å²) in [5, 5.41) is 11.0. The van der Waals surface area contributed by atoms with E-state index in [1.807, 2.05) is 24.3 Å². The number of aromatic amines is 1. The van der Waals surface area contributed by atoms with Crippen molar-refractivity contribution in [2.45, 2.75) is 19.0 Å². The number of nitrogens with zero attached hydrogens (tertiary/aromatic N) is 2. The number of hydrogen-bond acceptors (Lipinski definition) is 4. The van der Waals surface area contributed by atoms with Crippen LogP contribution in [-0.4, -0.2) is 56.8 Å². The number of nitrogens with one attached hydrogen (secondary N) is 1. The molecule has 2 aromatic carbocycles. The minimum absolute atomic E-state index is 0.188. The van der Waals surface area contributed by atoms with Crippen LogP contribution in [0, 0.1) is 0 Å². The quantitative estimate of drug-likeness (QED) is 0.667. The molecule has 0 saturated carbocycles. The number of fused-ring (bicyclic) bond motifs is 4. The lowest BCUT2D eigenvalue weighted by molar-refractivity contribution is -0.136. The maximum absolute atomic E-state index is 13.0.